The lowest BCUT2D eigenvalue weighted by atomic mass is 10.1. The predicted octanol–water partition coefficient (Wildman–Crippen LogP) is 4.16. The number of fused-ring (bicyclic) bond motifs is 1. The average molecular weight is 295 g/mol. The standard InChI is InChI=1S/C10H9NO2.C9H12/c1-2-11-9(12)7-5-3-4-6-8(7)10(11)13;1-4-7-9(6-3)8-5-2/h3-6H,2H2,1H3;4-8H,1,3H2,2H3/b;8-5-,9-7-. The second-order valence-electron chi connectivity index (χ2n) is 4.51. The Hall–Kier alpha value is -2.68. The van der Waals surface area contributed by atoms with Crippen LogP contribution in [0.3, 0.4) is 0 Å². The van der Waals surface area contributed by atoms with Crippen LogP contribution in [-0.2, 0) is 0 Å². The molecule has 1 aliphatic rings. The summed E-state index contributed by atoms with van der Waals surface area (Å²) < 4.78 is 0. The quantitative estimate of drug-likeness (QED) is 0.617. The Morgan fingerprint density at radius 3 is 2.05 bits per heavy atom. The lowest BCUT2D eigenvalue weighted by Crippen LogP contribution is -2.29. The van der Waals surface area contributed by atoms with Crippen molar-refractivity contribution >= 4 is 11.8 Å². The van der Waals surface area contributed by atoms with Gasteiger partial charge in [-0.3, -0.25) is 14.5 Å². The first-order valence-electron chi connectivity index (χ1n) is 7.13. The van der Waals surface area contributed by atoms with Crippen LogP contribution in [0.2, 0.25) is 0 Å². The van der Waals surface area contributed by atoms with Crippen molar-refractivity contribution in [2.75, 3.05) is 6.54 Å². The normalized spacial score (nSPS) is 13.7. The van der Waals surface area contributed by atoms with Gasteiger partial charge in [0.05, 0.1) is 11.1 Å². The number of carbonyl (C=O) groups is 2. The minimum Gasteiger partial charge on any atom is -0.275 e. The summed E-state index contributed by atoms with van der Waals surface area (Å²) >= 11 is 0. The van der Waals surface area contributed by atoms with Gasteiger partial charge in [-0.15, -0.1) is 0 Å². The zero-order valence-electron chi connectivity index (χ0n) is 13.1. The van der Waals surface area contributed by atoms with Crippen molar-refractivity contribution in [3.63, 3.8) is 0 Å². The van der Waals surface area contributed by atoms with E-state index in [-0.39, 0.29) is 11.8 Å². The molecule has 22 heavy (non-hydrogen) atoms. The highest BCUT2D eigenvalue weighted by Crippen LogP contribution is 2.21. The fourth-order valence-corrected chi connectivity index (χ4v) is 2.05. The molecule has 2 rings (SSSR count). The smallest absolute Gasteiger partial charge is 0.261 e. The van der Waals surface area contributed by atoms with E-state index in [0.29, 0.717) is 17.7 Å². The number of hydrogen-bond acceptors (Lipinski definition) is 2. The third-order valence-electron chi connectivity index (χ3n) is 3.10. The minimum absolute atomic E-state index is 0.178. The summed E-state index contributed by atoms with van der Waals surface area (Å²) in [5, 5.41) is 0. The largest absolute Gasteiger partial charge is 0.275 e. The van der Waals surface area contributed by atoms with Crippen molar-refractivity contribution < 1.29 is 9.59 Å². The van der Waals surface area contributed by atoms with Crippen LogP contribution in [0.15, 0.2) is 73.4 Å². The molecule has 0 fully saturated rings. The van der Waals surface area contributed by atoms with E-state index >= 15 is 0 Å². The number of rotatable bonds is 4. The van der Waals surface area contributed by atoms with Gasteiger partial charge in [0.1, 0.15) is 0 Å². The van der Waals surface area contributed by atoms with Gasteiger partial charge in [-0.1, -0.05) is 55.7 Å². The minimum atomic E-state index is -0.178. The van der Waals surface area contributed by atoms with Crippen LogP contribution in [0, 0.1) is 0 Å². The molecule has 0 aromatic heterocycles. The monoisotopic (exact) mass is 295 g/mol. The van der Waals surface area contributed by atoms with Gasteiger partial charge in [-0.25, -0.2) is 0 Å². The van der Waals surface area contributed by atoms with Gasteiger partial charge in [-0.2, -0.15) is 0 Å². The molecule has 0 aliphatic carbocycles. The molecule has 1 aliphatic heterocycles. The fourth-order valence-electron chi connectivity index (χ4n) is 2.05. The van der Waals surface area contributed by atoms with Gasteiger partial charge in [-0.05, 0) is 31.6 Å². The summed E-state index contributed by atoms with van der Waals surface area (Å²) in [7, 11) is 0. The zero-order valence-corrected chi connectivity index (χ0v) is 13.1. The van der Waals surface area contributed by atoms with Gasteiger partial charge in [0.15, 0.2) is 0 Å². The van der Waals surface area contributed by atoms with Crippen molar-refractivity contribution in [3.05, 3.63) is 84.5 Å². The Balaban J connectivity index is 0.000000239. The first-order valence-corrected chi connectivity index (χ1v) is 7.13. The Morgan fingerprint density at radius 1 is 1.14 bits per heavy atom. The number of nitrogens with zero attached hydrogens (tertiary/aromatic N) is 1. The molecule has 3 nitrogen and oxygen atoms in total. The Kier molecular flexibility index (Phi) is 6.77. The summed E-state index contributed by atoms with van der Waals surface area (Å²) in [6, 6.07) is 6.91. The zero-order chi connectivity index (χ0) is 16.5. The van der Waals surface area contributed by atoms with E-state index in [4.69, 9.17) is 0 Å². The van der Waals surface area contributed by atoms with E-state index in [1.165, 1.54) is 4.90 Å². The molecule has 1 aromatic rings. The first-order chi connectivity index (χ1) is 10.6. The van der Waals surface area contributed by atoms with Gasteiger partial charge < -0.3 is 0 Å². The van der Waals surface area contributed by atoms with Crippen LogP contribution in [0.1, 0.15) is 34.6 Å². The molecule has 0 spiro atoms. The molecule has 0 bridgehead atoms. The van der Waals surface area contributed by atoms with Crippen molar-refractivity contribution in [1.82, 2.24) is 4.90 Å². The Labute approximate surface area is 132 Å². The van der Waals surface area contributed by atoms with E-state index in [2.05, 4.69) is 13.2 Å². The summed E-state index contributed by atoms with van der Waals surface area (Å²) in [4.78, 5) is 24.3. The molecule has 0 radical (unpaired) electrons. The molecule has 0 saturated carbocycles. The average Bonchev–Trinajstić information content (AvgIpc) is 2.79. The van der Waals surface area contributed by atoms with Gasteiger partial charge in [0.25, 0.3) is 11.8 Å². The molecule has 114 valence electrons. The molecule has 0 unspecified atom stereocenters. The van der Waals surface area contributed by atoms with Crippen molar-refractivity contribution in [1.29, 1.82) is 0 Å². The highest BCUT2D eigenvalue weighted by molar-refractivity contribution is 6.21. The molecule has 1 aromatic carbocycles. The molecule has 3 heteroatoms. The van der Waals surface area contributed by atoms with Crippen LogP contribution in [-0.4, -0.2) is 23.3 Å². The Bertz CT molecular complexity index is 604. The van der Waals surface area contributed by atoms with Gasteiger partial charge >= 0.3 is 0 Å². The third kappa shape index (κ3) is 3.92. The van der Waals surface area contributed by atoms with E-state index in [0.717, 1.165) is 5.57 Å². The van der Waals surface area contributed by atoms with Crippen molar-refractivity contribution in [2.45, 2.75) is 13.8 Å². The summed E-state index contributed by atoms with van der Waals surface area (Å²) in [6.45, 7) is 11.4. The summed E-state index contributed by atoms with van der Waals surface area (Å²) in [5.74, 6) is -0.355. The number of carbonyl (C=O) groups excluding carboxylic acids is 2. The predicted molar refractivity (Wildman–Crippen MR) is 90.8 cm³/mol. The maximum absolute atomic E-state index is 11.5. The lowest BCUT2D eigenvalue weighted by molar-refractivity contribution is 0.0663. The molecule has 0 N–H and O–H groups in total. The maximum Gasteiger partial charge on any atom is 0.261 e. The van der Waals surface area contributed by atoms with Crippen LogP contribution in [0.4, 0.5) is 0 Å². The van der Waals surface area contributed by atoms with E-state index in [1.807, 2.05) is 25.2 Å². The number of hydrogen-bond donors (Lipinski definition) is 0. The van der Waals surface area contributed by atoms with E-state index < -0.39 is 0 Å². The highest BCUT2D eigenvalue weighted by atomic mass is 16.2. The lowest BCUT2D eigenvalue weighted by Gasteiger charge is -2.08. The van der Waals surface area contributed by atoms with E-state index in [9.17, 15) is 9.59 Å². The molecule has 0 saturated heterocycles. The van der Waals surface area contributed by atoms with Crippen LogP contribution >= 0.6 is 0 Å². The number of benzene rings is 1. The highest BCUT2D eigenvalue weighted by Gasteiger charge is 2.33. The molecule has 1 heterocycles. The first kappa shape index (κ1) is 17.4. The van der Waals surface area contributed by atoms with Crippen LogP contribution in [0.5, 0.6) is 0 Å². The Morgan fingerprint density at radius 2 is 1.68 bits per heavy atom. The van der Waals surface area contributed by atoms with Crippen LogP contribution < -0.4 is 0 Å². The van der Waals surface area contributed by atoms with E-state index in [1.54, 1.807) is 43.3 Å². The third-order valence-corrected chi connectivity index (χ3v) is 3.10. The number of allylic oxidation sites excluding steroid dienone is 6. The topological polar surface area (TPSA) is 37.4 Å². The van der Waals surface area contributed by atoms with Crippen LogP contribution in [0.25, 0.3) is 0 Å². The van der Waals surface area contributed by atoms with Crippen molar-refractivity contribution in [3.8, 4) is 0 Å². The SMILES string of the molecule is C=C/C=C(C=C)\C=C/C.CCN1C(=O)c2ccccc2C1=O. The second kappa shape index (κ2) is 8.57. The van der Waals surface area contributed by atoms with Crippen molar-refractivity contribution in [2.24, 2.45) is 0 Å². The number of imide groups is 1. The second-order valence-corrected chi connectivity index (χ2v) is 4.51. The summed E-state index contributed by atoms with van der Waals surface area (Å²) in [5.41, 5.74) is 2.14. The molecular formula is C19H21NO2. The number of amides is 2. The molecule has 2 amide bonds. The molecular weight excluding hydrogens is 274 g/mol. The maximum atomic E-state index is 11.5. The summed E-state index contributed by atoms with van der Waals surface area (Å²) in [6.07, 6.45) is 9.40. The van der Waals surface area contributed by atoms with Gasteiger partial charge in [0.2, 0.25) is 0 Å². The van der Waals surface area contributed by atoms with Gasteiger partial charge in [0, 0.05) is 6.54 Å². The fraction of sp³-hybridized carbons (Fsp3) is 0.158. The molecule has 0 atom stereocenters.